The highest BCUT2D eigenvalue weighted by Crippen LogP contribution is 2.33. The molecule has 0 bridgehead atoms. The lowest BCUT2D eigenvalue weighted by atomic mass is 10.1. The van der Waals surface area contributed by atoms with Crippen LogP contribution in [0, 0.1) is 4.77 Å². The molecule has 0 radical (unpaired) electrons. The number of nitrogens with one attached hydrogen (secondary N) is 2. The van der Waals surface area contributed by atoms with Gasteiger partial charge in [0.25, 0.3) is 0 Å². The van der Waals surface area contributed by atoms with Crippen LogP contribution in [0.5, 0.6) is 0 Å². The second-order valence-corrected chi connectivity index (χ2v) is 7.38. The average Bonchev–Trinajstić information content (AvgIpc) is 3.03. The van der Waals surface area contributed by atoms with E-state index in [1.807, 2.05) is 36.4 Å². The topological polar surface area (TPSA) is 76.0 Å². The average molecular weight is 413 g/mol. The molecule has 3 aromatic rings. The van der Waals surface area contributed by atoms with Crippen molar-refractivity contribution in [2.45, 2.75) is 25.4 Å². The van der Waals surface area contributed by atoms with Crippen LogP contribution in [0.2, 0.25) is 5.02 Å². The molecule has 4 rings (SSSR count). The van der Waals surface area contributed by atoms with Crippen LogP contribution in [0.4, 0.5) is 5.82 Å². The minimum atomic E-state index is -0.541. The number of nitrogens with zero attached hydrogens (tertiary/aromatic N) is 2. The summed E-state index contributed by atoms with van der Waals surface area (Å²) in [6.07, 6.45) is 0.555. The van der Waals surface area contributed by atoms with Gasteiger partial charge in [0, 0.05) is 23.4 Å². The van der Waals surface area contributed by atoms with Crippen LogP contribution in [0.15, 0.2) is 48.5 Å². The molecule has 0 fully saturated rings. The predicted octanol–water partition coefficient (Wildman–Crippen LogP) is 4.01. The first-order valence-electron chi connectivity index (χ1n) is 8.86. The quantitative estimate of drug-likeness (QED) is 0.621. The molecule has 2 amide bonds. The molecule has 2 N–H and O–H groups in total. The largest absolute Gasteiger partial charge is 0.352 e. The van der Waals surface area contributed by atoms with Crippen molar-refractivity contribution in [3.63, 3.8) is 0 Å². The standard InChI is InChI=1S/C20H17ClN4O2S/c21-13-7-5-12(6-8-13)11-22-17(26)10-9-16-19(27)24-18-14-3-1-2-4-15(14)23-20(28)25(16)18/h1-8,16H,9-11H2,(H,22,26)(H,24,27). The first-order valence-corrected chi connectivity index (χ1v) is 9.65. The van der Waals surface area contributed by atoms with Crippen molar-refractivity contribution < 1.29 is 9.59 Å². The van der Waals surface area contributed by atoms with Gasteiger partial charge in [-0.15, -0.1) is 0 Å². The molecule has 0 aliphatic carbocycles. The van der Waals surface area contributed by atoms with Crippen molar-refractivity contribution in [3.05, 3.63) is 63.9 Å². The molecule has 1 atom stereocenters. The molecule has 2 aromatic carbocycles. The van der Waals surface area contributed by atoms with Gasteiger partial charge in [0.1, 0.15) is 11.9 Å². The molecule has 0 spiro atoms. The number of aromatic nitrogens is 2. The van der Waals surface area contributed by atoms with Gasteiger partial charge in [0.15, 0.2) is 0 Å². The van der Waals surface area contributed by atoms with Crippen LogP contribution >= 0.6 is 23.8 Å². The van der Waals surface area contributed by atoms with Crippen LogP contribution in [0.3, 0.4) is 0 Å². The summed E-state index contributed by atoms with van der Waals surface area (Å²) in [5.74, 6) is 0.346. The monoisotopic (exact) mass is 412 g/mol. The lowest BCUT2D eigenvalue weighted by molar-refractivity contribution is -0.122. The number of halogens is 1. The highest BCUT2D eigenvalue weighted by atomic mass is 35.5. The third kappa shape index (κ3) is 3.63. The van der Waals surface area contributed by atoms with Crippen LogP contribution in [-0.4, -0.2) is 21.4 Å². The molecule has 1 aromatic heterocycles. The number of rotatable bonds is 5. The molecule has 1 aliphatic rings. The van der Waals surface area contributed by atoms with Crippen molar-refractivity contribution >= 4 is 52.4 Å². The fourth-order valence-electron chi connectivity index (χ4n) is 3.31. The molecular formula is C20H17ClN4O2S. The minimum absolute atomic E-state index is 0.128. The number of carbonyl (C=O) groups excluding carboxylic acids is 2. The van der Waals surface area contributed by atoms with Crippen LogP contribution in [0.1, 0.15) is 24.4 Å². The zero-order valence-corrected chi connectivity index (χ0v) is 16.4. The minimum Gasteiger partial charge on any atom is -0.352 e. The molecule has 0 saturated carbocycles. The summed E-state index contributed by atoms with van der Waals surface area (Å²) in [4.78, 5) is 29.2. The maximum atomic E-state index is 12.5. The Morgan fingerprint density at radius 2 is 1.96 bits per heavy atom. The SMILES string of the molecule is O=C(CCC1C(=O)Nc2c3ccccc3nc(=S)n21)NCc1ccc(Cl)cc1. The van der Waals surface area contributed by atoms with Gasteiger partial charge in [-0.05, 0) is 48.5 Å². The van der Waals surface area contributed by atoms with E-state index in [0.717, 1.165) is 16.5 Å². The predicted molar refractivity (Wildman–Crippen MR) is 111 cm³/mol. The summed E-state index contributed by atoms with van der Waals surface area (Å²) in [6.45, 7) is 0.412. The molecule has 1 unspecified atom stereocenters. The van der Waals surface area contributed by atoms with E-state index < -0.39 is 6.04 Å². The van der Waals surface area contributed by atoms with Gasteiger partial charge in [-0.1, -0.05) is 35.9 Å². The Balaban J connectivity index is 1.45. The number of carbonyl (C=O) groups is 2. The first-order chi connectivity index (χ1) is 13.5. The molecule has 0 saturated heterocycles. The number of amides is 2. The molecule has 8 heteroatoms. The Bertz CT molecular complexity index is 1130. The van der Waals surface area contributed by atoms with Gasteiger partial charge in [0.05, 0.1) is 5.52 Å². The van der Waals surface area contributed by atoms with Crippen molar-refractivity contribution in [1.29, 1.82) is 0 Å². The molecule has 2 heterocycles. The second-order valence-electron chi connectivity index (χ2n) is 6.58. The summed E-state index contributed by atoms with van der Waals surface area (Å²) in [6, 6.07) is 14.3. The van der Waals surface area contributed by atoms with Crippen molar-refractivity contribution in [2.24, 2.45) is 0 Å². The van der Waals surface area contributed by atoms with E-state index in [9.17, 15) is 9.59 Å². The van der Waals surface area contributed by atoms with E-state index in [1.165, 1.54) is 0 Å². The van der Waals surface area contributed by atoms with Crippen LogP contribution in [0.25, 0.3) is 10.9 Å². The zero-order chi connectivity index (χ0) is 19.7. The lowest BCUT2D eigenvalue weighted by Crippen LogP contribution is -2.25. The highest BCUT2D eigenvalue weighted by Gasteiger charge is 2.32. The highest BCUT2D eigenvalue weighted by molar-refractivity contribution is 7.71. The fourth-order valence-corrected chi connectivity index (χ4v) is 3.75. The third-order valence-electron chi connectivity index (χ3n) is 4.73. The first kappa shape index (κ1) is 18.6. The molecule has 142 valence electrons. The Morgan fingerprint density at radius 3 is 2.75 bits per heavy atom. The van der Waals surface area contributed by atoms with Gasteiger partial charge in [-0.25, -0.2) is 4.98 Å². The number of hydrogen-bond acceptors (Lipinski definition) is 4. The Morgan fingerprint density at radius 1 is 1.21 bits per heavy atom. The van der Waals surface area contributed by atoms with Gasteiger partial charge in [-0.2, -0.15) is 0 Å². The number of anilines is 1. The number of fused-ring (bicyclic) bond motifs is 3. The number of para-hydroxylation sites is 1. The van der Waals surface area contributed by atoms with Crippen molar-refractivity contribution in [3.8, 4) is 0 Å². The van der Waals surface area contributed by atoms with E-state index in [1.54, 1.807) is 16.7 Å². The van der Waals surface area contributed by atoms with Gasteiger partial charge in [-0.3, -0.25) is 14.2 Å². The molecule has 1 aliphatic heterocycles. The maximum absolute atomic E-state index is 12.5. The lowest BCUT2D eigenvalue weighted by Gasteiger charge is -2.13. The Kier molecular flexibility index (Phi) is 5.11. The molecule has 28 heavy (non-hydrogen) atoms. The van der Waals surface area contributed by atoms with E-state index in [2.05, 4.69) is 15.6 Å². The summed E-state index contributed by atoms with van der Waals surface area (Å²) >= 11 is 11.2. The maximum Gasteiger partial charge on any atom is 0.248 e. The third-order valence-corrected chi connectivity index (χ3v) is 5.27. The second kappa shape index (κ2) is 7.69. The van der Waals surface area contributed by atoms with Crippen LogP contribution in [-0.2, 0) is 16.1 Å². The van der Waals surface area contributed by atoms with Crippen molar-refractivity contribution in [1.82, 2.24) is 14.9 Å². The Hall–Kier alpha value is -2.77. The summed E-state index contributed by atoms with van der Waals surface area (Å²) in [7, 11) is 0. The molecular weight excluding hydrogens is 396 g/mol. The van der Waals surface area contributed by atoms with E-state index in [0.29, 0.717) is 28.6 Å². The van der Waals surface area contributed by atoms with Crippen LogP contribution < -0.4 is 10.6 Å². The summed E-state index contributed by atoms with van der Waals surface area (Å²) in [5, 5.41) is 7.24. The van der Waals surface area contributed by atoms with E-state index in [4.69, 9.17) is 23.8 Å². The van der Waals surface area contributed by atoms with Gasteiger partial charge < -0.3 is 10.6 Å². The summed E-state index contributed by atoms with van der Waals surface area (Å²) < 4.78 is 2.05. The smallest absolute Gasteiger partial charge is 0.248 e. The van der Waals surface area contributed by atoms with E-state index >= 15 is 0 Å². The normalized spacial score (nSPS) is 15.3. The number of hydrogen-bond donors (Lipinski definition) is 2. The molecule has 6 nitrogen and oxygen atoms in total. The fraction of sp³-hybridized carbons (Fsp3) is 0.200. The van der Waals surface area contributed by atoms with Gasteiger partial charge >= 0.3 is 0 Å². The number of benzene rings is 2. The van der Waals surface area contributed by atoms with E-state index in [-0.39, 0.29) is 18.2 Å². The Labute approximate surface area is 171 Å². The summed E-state index contributed by atoms with van der Waals surface area (Å²) in [5.41, 5.74) is 1.69. The zero-order valence-electron chi connectivity index (χ0n) is 14.8. The van der Waals surface area contributed by atoms with Crippen molar-refractivity contribution in [2.75, 3.05) is 5.32 Å². The van der Waals surface area contributed by atoms with Gasteiger partial charge in [0.2, 0.25) is 16.6 Å².